The minimum atomic E-state index is -0.0808. The molecule has 23 heavy (non-hydrogen) atoms. The Kier molecular flexibility index (Phi) is 4.71. The first kappa shape index (κ1) is 16.4. The number of likely N-dealkylation sites (N-methyl/N-ethyl adjacent to an activating group) is 1. The number of pyridine rings is 1. The SMILES string of the molecule is CC(C)[C@H]1CN(C)CCN1Cc1cc(=O)n2cc(Cl)ccc2n1. The first-order valence-electron chi connectivity index (χ1n) is 8.04. The molecule has 124 valence electrons. The maximum atomic E-state index is 12.3. The lowest BCUT2D eigenvalue weighted by Gasteiger charge is -2.42. The minimum absolute atomic E-state index is 0.0808. The maximum Gasteiger partial charge on any atom is 0.258 e. The normalized spacial score (nSPS) is 20.5. The minimum Gasteiger partial charge on any atom is -0.304 e. The Hall–Kier alpha value is -1.43. The number of rotatable bonds is 3. The Labute approximate surface area is 141 Å². The van der Waals surface area contributed by atoms with E-state index in [1.807, 2.05) is 0 Å². The molecule has 1 fully saturated rings. The molecule has 0 N–H and O–H groups in total. The van der Waals surface area contributed by atoms with Gasteiger partial charge in [-0.2, -0.15) is 0 Å². The Morgan fingerprint density at radius 2 is 2.13 bits per heavy atom. The summed E-state index contributed by atoms with van der Waals surface area (Å²) in [7, 11) is 2.16. The first-order valence-corrected chi connectivity index (χ1v) is 8.42. The summed E-state index contributed by atoms with van der Waals surface area (Å²) < 4.78 is 1.50. The standard InChI is InChI=1S/C17H23ClN4O/c1-12(2)15-11-20(3)6-7-21(15)10-14-8-17(23)22-9-13(18)4-5-16(22)19-14/h4-5,8-9,12,15H,6-7,10-11H2,1-3H3/t15-/m1/s1. The van der Waals surface area contributed by atoms with Crippen molar-refractivity contribution < 1.29 is 0 Å². The van der Waals surface area contributed by atoms with E-state index in [2.05, 4.69) is 35.7 Å². The van der Waals surface area contributed by atoms with Gasteiger partial charge < -0.3 is 4.90 Å². The molecule has 0 aromatic carbocycles. The van der Waals surface area contributed by atoms with E-state index in [9.17, 15) is 4.79 Å². The van der Waals surface area contributed by atoms with Gasteiger partial charge in [0.05, 0.1) is 10.7 Å². The zero-order valence-electron chi connectivity index (χ0n) is 13.9. The fourth-order valence-electron chi connectivity index (χ4n) is 3.23. The summed E-state index contributed by atoms with van der Waals surface area (Å²) in [5.74, 6) is 0.568. The lowest BCUT2D eigenvalue weighted by atomic mass is 9.99. The van der Waals surface area contributed by atoms with Crippen LogP contribution in [0.1, 0.15) is 19.5 Å². The van der Waals surface area contributed by atoms with Crippen molar-refractivity contribution in [3.8, 4) is 0 Å². The van der Waals surface area contributed by atoms with Crippen LogP contribution < -0.4 is 5.56 Å². The topological polar surface area (TPSA) is 40.9 Å². The van der Waals surface area contributed by atoms with Gasteiger partial charge >= 0.3 is 0 Å². The number of aromatic nitrogens is 2. The summed E-state index contributed by atoms with van der Waals surface area (Å²) >= 11 is 5.95. The Morgan fingerprint density at radius 3 is 2.87 bits per heavy atom. The molecule has 0 bridgehead atoms. The van der Waals surface area contributed by atoms with E-state index in [4.69, 9.17) is 11.6 Å². The quantitative estimate of drug-likeness (QED) is 0.862. The lowest BCUT2D eigenvalue weighted by molar-refractivity contribution is 0.0561. The van der Waals surface area contributed by atoms with E-state index in [0.717, 1.165) is 25.3 Å². The van der Waals surface area contributed by atoms with Gasteiger partial charge in [-0.1, -0.05) is 25.4 Å². The van der Waals surface area contributed by atoms with Crippen molar-refractivity contribution in [3.05, 3.63) is 45.5 Å². The van der Waals surface area contributed by atoms with Crippen LogP contribution >= 0.6 is 11.6 Å². The van der Waals surface area contributed by atoms with Crippen molar-refractivity contribution in [2.45, 2.75) is 26.4 Å². The van der Waals surface area contributed by atoms with Gasteiger partial charge in [0.15, 0.2) is 0 Å². The number of fused-ring (bicyclic) bond motifs is 1. The van der Waals surface area contributed by atoms with Crippen LogP contribution in [-0.4, -0.2) is 51.9 Å². The monoisotopic (exact) mass is 334 g/mol. The second-order valence-electron chi connectivity index (χ2n) is 6.71. The van der Waals surface area contributed by atoms with Crippen LogP contribution in [-0.2, 0) is 6.54 Å². The van der Waals surface area contributed by atoms with Crippen molar-refractivity contribution >= 4 is 17.2 Å². The van der Waals surface area contributed by atoms with Gasteiger partial charge in [-0.05, 0) is 25.1 Å². The third-order valence-electron chi connectivity index (χ3n) is 4.55. The molecule has 0 unspecified atom stereocenters. The number of nitrogens with zero attached hydrogens (tertiary/aromatic N) is 4. The Balaban J connectivity index is 1.88. The van der Waals surface area contributed by atoms with Gasteiger partial charge in [0.25, 0.3) is 5.56 Å². The van der Waals surface area contributed by atoms with Crippen LogP contribution in [0.25, 0.3) is 5.65 Å². The number of halogens is 1. The van der Waals surface area contributed by atoms with E-state index in [1.165, 1.54) is 4.40 Å². The molecule has 5 nitrogen and oxygen atoms in total. The average molecular weight is 335 g/mol. The summed E-state index contributed by atoms with van der Waals surface area (Å²) in [6, 6.07) is 5.66. The van der Waals surface area contributed by atoms with Crippen molar-refractivity contribution in [2.24, 2.45) is 5.92 Å². The van der Waals surface area contributed by atoms with Crippen LogP contribution in [0.15, 0.2) is 29.2 Å². The zero-order valence-corrected chi connectivity index (χ0v) is 14.6. The first-order chi connectivity index (χ1) is 10.9. The largest absolute Gasteiger partial charge is 0.304 e. The number of hydrogen-bond acceptors (Lipinski definition) is 4. The molecular weight excluding hydrogens is 312 g/mol. The molecule has 1 aliphatic rings. The highest BCUT2D eigenvalue weighted by Crippen LogP contribution is 2.18. The van der Waals surface area contributed by atoms with Gasteiger partial charge in [0.1, 0.15) is 5.65 Å². The molecule has 1 atom stereocenters. The van der Waals surface area contributed by atoms with Crippen LogP contribution in [0, 0.1) is 5.92 Å². The fraction of sp³-hybridized carbons (Fsp3) is 0.529. The summed E-state index contributed by atoms with van der Waals surface area (Å²) in [6.45, 7) is 8.32. The summed E-state index contributed by atoms with van der Waals surface area (Å²) in [5.41, 5.74) is 1.39. The molecule has 2 aromatic heterocycles. The van der Waals surface area contributed by atoms with E-state index < -0.39 is 0 Å². The number of piperazine rings is 1. The molecule has 1 saturated heterocycles. The average Bonchev–Trinajstić information content (AvgIpc) is 2.50. The molecule has 0 saturated carbocycles. The molecule has 6 heteroatoms. The maximum absolute atomic E-state index is 12.3. The summed E-state index contributed by atoms with van der Waals surface area (Å²) in [5, 5.41) is 0.535. The van der Waals surface area contributed by atoms with Gasteiger partial charge in [-0.3, -0.25) is 14.1 Å². The predicted octanol–water partition coefficient (Wildman–Crippen LogP) is 2.12. The molecular formula is C17H23ClN4O. The molecule has 0 radical (unpaired) electrons. The highest BCUT2D eigenvalue weighted by molar-refractivity contribution is 6.30. The van der Waals surface area contributed by atoms with Crippen LogP contribution in [0.3, 0.4) is 0 Å². The molecule has 1 aliphatic heterocycles. The van der Waals surface area contributed by atoms with Crippen molar-refractivity contribution in [1.29, 1.82) is 0 Å². The van der Waals surface area contributed by atoms with Crippen molar-refractivity contribution in [2.75, 3.05) is 26.7 Å². The second kappa shape index (κ2) is 6.59. The Morgan fingerprint density at radius 1 is 1.35 bits per heavy atom. The van der Waals surface area contributed by atoms with E-state index >= 15 is 0 Å². The van der Waals surface area contributed by atoms with Gasteiger partial charge in [0, 0.05) is 44.5 Å². The van der Waals surface area contributed by atoms with E-state index in [-0.39, 0.29) is 5.56 Å². The van der Waals surface area contributed by atoms with Crippen LogP contribution in [0.2, 0.25) is 5.02 Å². The summed E-state index contributed by atoms with van der Waals surface area (Å²) in [4.78, 5) is 21.7. The third kappa shape index (κ3) is 3.57. The highest BCUT2D eigenvalue weighted by atomic mass is 35.5. The lowest BCUT2D eigenvalue weighted by Crippen LogP contribution is -2.53. The van der Waals surface area contributed by atoms with E-state index in [1.54, 1.807) is 24.4 Å². The molecule has 2 aromatic rings. The summed E-state index contributed by atoms with van der Waals surface area (Å²) in [6.07, 6.45) is 1.61. The smallest absolute Gasteiger partial charge is 0.258 e. The molecule has 0 spiro atoms. The number of hydrogen-bond donors (Lipinski definition) is 0. The molecule has 3 rings (SSSR count). The molecule has 3 heterocycles. The van der Waals surface area contributed by atoms with Crippen LogP contribution in [0.5, 0.6) is 0 Å². The van der Waals surface area contributed by atoms with Gasteiger partial charge in [-0.25, -0.2) is 4.98 Å². The molecule has 0 amide bonds. The van der Waals surface area contributed by atoms with Crippen LogP contribution in [0.4, 0.5) is 0 Å². The van der Waals surface area contributed by atoms with Gasteiger partial charge in [-0.15, -0.1) is 0 Å². The second-order valence-corrected chi connectivity index (χ2v) is 7.14. The highest BCUT2D eigenvalue weighted by Gasteiger charge is 2.27. The van der Waals surface area contributed by atoms with Crippen molar-refractivity contribution in [3.63, 3.8) is 0 Å². The predicted molar refractivity (Wildman–Crippen MR) is 93.0 cm³/mol. The van der Waals surface area contributed by atoms with E-state index in [0.29, 0.717) is 29.2 Å². The Bertz CT molecular complexity index is 758. The third-order valence-corrected chi connectivity index (χ3v) is 4.77. The molecule has 0 aliphatic carbocycles. The van der Waals surface area contributed by atoms with Crippen molar-refractivity contribution in [1.82, 2.24) is 19.2 Å². The fourth-order valence-corrected chi connectivity index (χ4v) is 3.40. The zero-order chi connectivity index (χ0) is 16.6. The van der Waals surface area contributed by atoms with Gasteiger partial charge in [0.2, 0.25) is 0 Å².